The molecule has 1 amide bonds. The zero-order valence-electron chi connectivity index (χ0n) is 16.3. The van der Waals surface area contributed by atoms with Gasteiger partial charge in [-0.2, -0.15) is 0 Å². The zero-order valence-corrected chi connectivity index (χ0v) is 16.3. The summed E-state index contributed by atoms with van der Waals surface area (Å²) in [6.45, 7) is 7.15. The Morgan fingerprint density at radius 1 is 1.11 bits per heavy atom. The van der Waals surface area contributed by atoms with Crippen molar-refractivity contribution in [1.82, 2.24) is 9.80 Å². The highest BCUT2D eigenvalue weighted by atomic mass is 16.3. The first-order chi connectivity index (χ1) is 13.2. The van der Waals surface area contributed by atoms with Gasteiger partial charge < -0.3 is 14.2 Å². The molecule has 4 heteroatoms. The molecule has 27 heavy (non-hydrogen) atoms. The Labute approximate surface area is 162 Å². The molecule has 1 spiro atoms. The first-order valence-electron chi connectivity index (χ1n) is 10.2. The zero-order chi connectivity index (χ0) is 18.7. The molecule has 3 heterocycles. The Morgan fingerprint density at radius 3 is 2.74 bits per heavy atom. The molecular weight excluding hydrogens is 336 g/mol. The molecule has 0 aliphatic carbocycles. The lowest BCUT2D eigenvalue weighted by atomic mass is 9.79. The van der Waals surface area contributed by atoms with Gasteiger partial charge in [0.1, 0.15) is 0 Å². The van der Waals surface area contributed by atoms with Gasteiger partial charge in [-0.3, -0.25) is 4.79 Å². The van der Waals surface area contributed by atoms with Crippen LogP contribution in [-0.2, 0) is 6.42 Å². The Morgan fingerprint density at radius 2 is 1.96 bits per heavy atom. The van der Waals surface area contributed by atoms with Gasteiger partial charge in [-0.15, -0.1) is 0 Å². The number of piperidine rings is 1. The van der Waals surface area contributed by atoms with Crippen LogP contribution in [0.2, 0.25) is 0 Å². The molecule has 0 N–H and O–H groups in total. The molecular formula is C23H30N2O2. The molecule has 1 atom stereocenters. The molecule has 4 rings (SSSR count). The average Bonchev–Trinajstić information content (AvgIpc) is 3.29. The van der Waals surface area contributed by atoms with Crippen LogP contribution in [0.25, 0.3) is 0 Å². The highest BCUT2D eigenvalue weighted by Gasteiger charge is 2.43. The average molecular weight is 367 g/mol. The molecule has 1 aromatic heterocycles. The third-order valence-electron chi connectivity index (χ3n) is 6.30. The Balaban J connectivity index is 1.31. The van der Waals surface area contributed by atoms with E-state index in [2.05, 4.69) is 35.2 Å². The number of hydrogen-bond donors (Lipinski definition) is 0. The van der Waals surface area contributed by atoms with Gasteiger partial charge >= 0.3 is 0 Å². The second-order valence-electron chi connectivity index (χ2n) is 8.38. The van der Waals surface area contributed by atoms with Crippen molar-refractivity contribution >= 4 is 5.91 Å². The minimum atomic E-state index is 0.0653. The quantitative estimate of drug-likeness (QED) is 0.798. The SMILES string of the molecule is Cc1ccoc1C(=O)N1CCC2(CCCN(CCCc3ccccc3)C2)C1. The van der Waals surface area contributed by atoms with Crippen molar-refractivity contribution in [3.63, 3.8) is 0 Å². The minimum absolute atomic E-state index is 0.0653. The fourth-order valence-electron chi connectivity index (χ4n) is 4.83. The lowest BCUT2D eigenvalue weighted by molar-refractivity contribution is 0.0662. The number of likely N-dealkylation sites (tertiary alicyclic amines) is 2. The van der Waals surface area contributed by atoms with Gasteiger partial charge in [-0.25, -0.2) is 0 Å². The van der Waals surface area contributed by atoms with Crippen LogP contribution in [0.4, 0.5) is 0 Å². The van der Waals surface area contributed by atoms with E-state index in [4.69, 9.17) is 4.42 Å². The number of nitrogens with zero attached hydrogens (tertiary/aromatic N) is 2. The van der Waals surface area contributed by atoms with Gasteiger partial charge in [0.2, 0.25) is 0 Å². The fraction of sp³-hybridized carbons (Fsp3) is 0.522. The van der Waals surface area contributed by atoms with E-state index < -0.39 is 0 Å². The second-order valence-corrected chi connectivity index (χ2v) is 8.38. The van der Waals surface area contributed by atoms with Gasteiger partial charge in [0.25, 0.3) is 5.91 Å². The molecule has 2 aromatic rings. The Bertz CT molecular complexity index is 770. The summed E-state index contributed by atoms with van der Waals surface area (Å²) in [5.41, 5.74) is 2.64. The summed E-state index contributed by atoms with van der Waals surface area (Å²) in [4.78, 5) is 17.4. The summed E-state index contributed by atoms with van der Waals surface area (Å²) in [5.74, 6) is 0.582. The van der Waals surface area contributed by atoms with Crippen LogP contribution < -0.4 is 0 Å². The van der Waals surface area contributed by atoms with Gasteiger partial charge in [0, 0.05) is 30.6 Å². The van der Waals surface area contributed by atoms with Crippen molar-refractivity contribution in [2.75, 3.05) is 32.7 Å². The molecule has 1 unspecified atom stereocenters. The van der Waals surface area contributed by atoms with Crippen molar-refractivity contribution < 1.29 is 9.21 Å². The Kier molecular flexibility index (Phi) is 5.35. The summed E-state index contributed by atoms with van der Waals surface area (Å²) in [6, 6.07) is 12.6. The number of rotatable bonds is 5. The molecule has 0 radical (unpaired) electrons. The maximum Gasteiger partial charge on any atom is 0.289 e. The summed E-state index contributed by atoms with van der Waals surface area (Å²) in [6.07, 6.45) is 7.56. The number of benzene rings is 1. The van der Waals surface area contributed by atoms with Crippen LogP contribution in [-0.4, -0.2) is 48.4 Å². The Hall–Kier alpha value is -2.07. The summed E-state index contributed by atoms with van der Waals surface area (Å²) in [5, 5.41) is 0. The molecule has 1 aromatic carbocycles. The number of amides is 1. The first kappa shape index (κ1) is 18.3. The van der Waals surface area contributed by atoms with E-state index >= 15 is 0 Å². The van der Waals surface area contributed by atoms with Gasteiger partial charge in [-0.1, -0.05) is 30.3 Å². The van der Waals surface area contributed by atoms with Crippen LogP contribution in [0.5, 0.6) is 0 Å². The molecule has 2 aliphatic rings. The molecule has 2 fully saturated rings. The normalized spacial score (nSPS) is 23.2. The van der Waals surface area contributed by atoms with Gasteiger partial charge in [0.05, 0.1) is 6.26 Å². The van der Waals surface area contributed by atoms with Gasteiger partial charge in [0.15, 0.2) is 5.76 Å². The van der Waals surface area contributed by atoms with E-state index in [9.17, 15) is 4.79 Å². The number of furan rings is 1. The van der Waals surface area contributed by atoms with Crippen LogP contribution in [0.1, 0.15) is 47.4 Å². The van der Waals surface area contributed by atoms with Crippen LogP contribution in [0, 0.1) is 12.3 Å². The standard InChI is InChI=1S/C23H30N2O2/c1-19-10-16-27-21(19)22(26)25-15-12-23(18-25)11-6-14-24(17-23)13-5-9-20-7-3-2-4-8-20/h2-4,7-8,10,16H,5-6,9,11-15,17-18H2,1H3. The topological polar surface area (TPSA) is 36.7 Å². The molecule has 4 nitrogen and oxygen atoms in total. The summed E-state index contributed by atoms with van der Waals surface area (Å²) >= 11 is 0. The fourth-order valence-corrected chi connectivity index (χ4v) is 4.83. The van der Waals surface area contributed by atoms with Crippen molar-refractivity contribution in [1.29, 1.82) is 0 Å². The van der Waals surface area contributed by atoms with E-state index in [0.717, 1.165) is 44.6 Å². The third kappa shape index (κ3) is 4.11. The molecule has 0 bridgehead atoms. The van der Waals surface area contributed by atoms with Crippen molar-refractivity contribution in [3.8, 4) is 0 Å². The van der Waals surface area contributed by atoms with E-state index in [-0.39, 0.29) is 11.3 Å². The second kappa shape index (κ2) is 7.89. The summed E-state index contributed by atoms with van der Waals surface area (Å²) in [7, 11) is 0. The maximum absolute atomic E-state index is 12.8. The third-order valence-corrected chi connectivity index (χ3v) is 6.30. The number of aryl methyl sites for hydroxylation is 2. The van der Waals surface area contributed by atoms with Crippen molar-refractivity contribution in [2.24, 2.45) is 5.41 Å². The number of hydrogen-bond acceptors (Lipinski definition) is 3. The number of carbonyl (C=O) groups is 1. The van der Waals surface area contributed by atoms with Crippen molar-refractivity contribution in [2.45, 2.75) is 39.0 Å². The van der Waals surface area contributed by atoms with Crippen LogP contribution in [0.15, 0.2) is 47.1 Å². The molecule has 144 valence electrons. The molecule has 2 aliphatic heterocycles. The van der Waals surface area contributed by atoms with Crippen LogP contribution in [0.3, 0.4) is 0 Å². The predicted octanol–water partition coefficient (Wildman–Crippen LogP) is 4.15. The molecule has 0 saturated carbocycles. The van der Waals surface area contributed by atoms with E-state index in [0.29, 0.717) is 5.76 Å². The highest BCUT2D eigenvalue weighted by Crippen LogP contribution is 2.39. The van der Waals surface area contributed by atoms with E-state index in [1.54, 1.807) is 6.26 Å². The maximum atomic E-state index is 12.8. The smallest absolute Gasteiger partial charge is 0.289 e. The summed E-state index contributed by atoms with van der Waals surface area (Å²) < 4.78 is 5.43. The van der Waals surface area contributed by atoms with Gasteiger partial charge in [-0.05, 0) is 63.7 Å². The monoisotopic (exact) mass is 366 g/mol. The number of carbonyl (C=O) groups excluding carboxylic acids is 1. The van der Waals surface area contributed by atoms with Crippen molar-refractivity contribution in [3.05, 3.63) is 59.5 Å². The lowest BCUT2D eigenvalue weighted by Gasteiger charge is -2.40. The predicted molar refractivity (Wildman–Crippen MR) is 107 cm³/mol. The largest absolute Gasteiger partial charge is 0.459 e. The van der Waals surface area contributed by atoms with E-state index in [1.807, 2.05) is 17.9 Å². The lowest BCUT2D eigenvalue weighted by Crippen LogP contribution is -2.45. The minimum Gasteiger partial charge on any atom is -0.459 e. The van der Waals surface area contributed by atoms with E-state index in [1.165, 1.54) is 31.4 Å². The molecule has 2 saturated heterocycles. The van der Waals surface area contributed by atoms with Crippen LogP contribution >= 0.6 is 0 Å². The highest BCUT2D eigenvalue weighted by molar-refractivity contribution is 5.93. The first-order valence-corrected chi connectivity index (χ1v) is 10.2.